The fraction of sp³-hybridized carbons (Fsp3) is 0.800. The fourth-order valence-corrected chi connectivity index (χ4v) is 4.54. The summed E-state index contributed by atoms with van der Waals surface area (Å²) < 4.78 is 23.0. The molecule has 1 unspecified atom stereocenters. The van der Waals surface area contributed by atoms with Gasteiger partial charge in [-0.2, -0.15) is 0 Å². The first kappa shape index (κ1) is 19.7. The summed E-state index contributed by atoms with van der Waals surface area (Å²) in [6.45, 7) is 3.57. The number of aliphatic imine (C=N–C) groups is 1. The molecule has 1 fully saturated rings. The van der Waals surface area contributed by atoms with Crippen LogP contribution in [0.15, 0.2) is 16.6 Å². The van der Waals surface area contributed by atoms with Gasteiger partial charge in [0.1, 0.15) is 0 Å². The van der Waals surface area contributed by atoms with Gasteiger partial charge in [-0.25, -0.2) is 8.42 Å². The Morgan fingerprint density at radius 3 is 2.82 bits per heavy atom. The second-order valence-corrected chi connectivity index (χ2v) is 8.09. The van der Waals surface area contributed by atoms with E-state index in [2.05, 4.69) is 21.7 Å². The topological polar surface area (TPSA) is 70.6 Å². The predicted molar refractivity (Wildman–Crippen MR) is 103 cm³/mol. The molecule has 2 aliphatic rings. The summed E-state index contributed by atoms with van der Waals surface area (Å²) in [5.41, 5.74) is 1.52. The zero-order chi connectivity index (χ0) is 15.1. The summed E-state index contributed by atoms with van der Waals surface area (Å²) in [5.74, 6) is 1.26. The Hall–Kier alpha value is -0.310. The van der Waals surface area contributed by atoms with Crippen molar-refractivity contribution in [2.75, 3.05) is 24.6 Å². The van der Waals surface area contributed by atoms with Gasteiger partial charge in [-0.3, -0.25) is 4.99 Å². The largest absolute Gasteiger partial charge is 0.357 e. The third kappa shape index (κ3) is 6.85. The molecule has 1 aliphatic heterocycles. The van der Waals surface area contributed by atoms with Gasteiger partial charge in [-0.1, -0.05) is 11.6 Å². The second-order valence-electron chi connectivity index (χ2n) is 5.86. The van der Waals surface area contributed by atoms with Crippen LogP contribution in [0.4, 0.5) is 0 Å². The Morgan fingerprint density at radius 2 is 2.23 bits per heavy atom. The Kier molecular flexibility index (Phi) is 8.74. The maximum atomic E-state index is 11.5. The summed E-state index contributed by atoms with van der Waals surface area (Å²) in [7, 11) is -2.85. The molecule has 0 spiro atoms. The molecule has 2 N–H and O–H groups in total. The van der Waals surface area contributed by atoms with E-state index in [1.54, 1.807) is 0 Å². The summed E-state index contributed by atoms with van der Waals surface area (Å²) in [6.07, 6.45) is 9.07. The van der Waals surface area contributed by atoms with E-state index >= 15 is 0 Å². The molecule has 0 amide bonds. The minimum Gasteiger partial charge on any atom is -0.357 e. The first-order valence-corrected chi connectivity index (χ1v) is 9.84. The first-order chi connectivity index (χ1) is 10.1. The summed E-state index contributed by atoms with van der Waals surface area (Å²) >= 11 is 0. The van der Waals surface area contributed by atoms with Gasteiger partial charge in [0.05, 0.1) is 11.5 Å². The molecule has 1 atom stereocenters. The van der Waals surface area contributed by atoms with Crippen LogP contribution in [-0.4, -0.2) is 45.0 Å². The number of rotatable bonds is 5. The Morgan fingerprint density at radius 1 is 1.41 bits per heavy atom. The van der Waals surface area contributed by atoms with E-state index < -0.39 is 9.84 Å². The molecule has 1 saturated heterocycles. The molecule has 5 nitrogen and oxygen atoms in total. The molecule has 128 valence electrons. The highest BCUT2D eigenvalue weighted by molar-refractivity contribution is 14.0. The quantitative estimate of drug-likeness (QED) is 0.297. The number of allylic oxidation sites excluding steroid dienone is 1. The number of hydrogen-bond donors (Lipinski definition) is 2. The van der Waals surface area contributed by atoms with Gasteiger partial charge in [0.2, 0.25) is 0 Å². The zero-order valence-electron chi connectivity index (χ0n) is 13.3. The van der Waals surface area contributed by atoms with Crippen LogP contribution in [0, 0.1) is 0 Å². The van der Waals surface area contributed by atoms with Gasteiger partial charge in [0, 0.05) is 19.1 Å². The average Bonchev–Trinajstić information content (AvgIpc) is 2.79. The Balaban J connectivity index is 0.00000242. The highest BCUT2D eigenvalue weighted by Crippen LogP contribution is 2.19. The third-order valence-electron chi connectivity index (χ3n) is 4.01. The van der Waals surface area contributed by atoms with E-state index in [0.29, 0.717) is 6.42 Å². The maximum Gasteiger partial charge on any atom is 0.191 e. The number of sulfone groups is 1. The van der Waals surface area contributed by atoms with Crippen molar-refractivity contribution in [3.05, 3.63) is 11.6 Å². The van der Waals surface area contributed by atoms with Crippen LogP contribution in [0.25, 0.3) is 0 Å². The van der Waals surface area contributed by atoms with Crippen LogP contribution >= 0.6 is 24.0 Å². The number of nitrogens with zero attached hydrogens (tertiary/aromatic N) is 1. The molecular formula is C15H28IN3O2S. The van der Waals surface area contributed by atoms with E-state index in [-0.39, 0.29) is 41.5 Å². The Bertz CT molecular complexity index is 503. The molecule has 0 aromatic carbocycles. The van der Waals surface area contributed by atoms with Crippen molar-refractivity contribution in [2.24, 2.45) is 4.99 Å². The summed E-state index contributed by atoms with van der Waals surface area (Å²) in [5, 5.41) is 6.45. The van der Waals surface area contributed by atoms with Crippen molar-refractivity contribution in [2.45, 2.75) is 51.5 Å². The van der Waals surface area contributed by atoms with Crippen LogP contribution in [0.1, 0.15) is 45.4 Å². The molecule has 0 bridgehead atoms. The van der Waals surface area contributed by atoms with E-state index in [1.165, 1.54) is 31.3 Å². The lowest BCUT2D eigenvalue weighted by molar-refractivity contribution is 0.599. The van der Waals surface area contributed by atoms with E-state index in [0.717, 1.165) is 25.5 Å². The number of nitrogens with one attached hydrogen (secondary N) is 2. The lowest BCUT2D eigenvalue weighted by Gasteiger charge is -2.16. The van der Waals surface area contributed by atoms with Crippen molar-refractivity contribution < 1.29 is 8.42 Å². The molecule has 0 aromatic heterocycles. The van der Waals surface area contributed by atoms with Crippen molar-refractivity contribution in [1.82, 2.24) is 10.6 Å². The van der Waals surface area contributed by atoms with Crippen molar-refractivity contribution in [1.29, 1.82) is 0 Å². The highest BCUT2D eigenvalue weighted by Gasteiger charge is 2.28. The fourth-order valence-electron chi connectivity index (χ4n) is 2.87. The molecule has 2 rings (SSSR count). The average molecular weight is 441 g/mol. The molecule has 1 aliphatic carbocycles. The van der Waals surface area contributed by atoms with Crippen LogP contribution in [0.2, 0.25) is 0 Å². The van der Waals surface area contributed by atoms with Gasteiger partial charge in [0.25, 0.3) is 0 Å². The smallest absolute Gasteiger partial charge is 0.191 e. The molecule has 0 radical (unpaired) electrons. The van der Waals surface area contributed by atoms with Gasteiger partial charge >= 0.3 is 0 Å². The van der Waals surface area contributed by atoms with E-state index in [4.69, 9.17) is 0 Å². The number of halogens is 1. The van der Waals surface area contributed by atoms with E-state index in [9.17, 15) is 8.42 Å². The standard InChI is InChI=1S/C15H27N3O2S.HI/c1-2-16-15(18-14-9-11-21(19,20)12-14)17-10-8-13-6-4-3-5-7-13;/h6,14H,2-5,7-12H2,1H3,(H2,16,17,18);1H. The molecule has 7 heteroatoms. The van der Waals surface area contributed by atoms with Crippen molar-refractivity contribution >= 4 is 39.8 Å². The lowest BCUT2D eigenvalue weighted by atomic mass is 9.97. The SMILES string of the molecule is CCNC(=NCCC1=CCCCC1)NC1CCS(=O)(=O)C1.I. The van der Waals surface area contributed by atoms with Crippen LogP contribution in [0.3, 0.4) is 0 Å². The maximum absolute atomic E-state index is 11.5. The van der Waals surface area contributed by atoms with Crippen LogP contribution in [-0.2, 0) is 9.84 Å². The van der Waals surface area contributed by atoms with Crippen molar-refractivity contribution in [3.8, 4) is 0 Å². The lowest BCUT2D eigenvalue weighted by Crippen LogP contribution is -2.44. The van der Waals surface area contributed by atoms with Crippen molar-refractivity contribution in [3.63, 3.8) is 0 Å². The normalized spacial score (nSPS) is 24.3. The minimum atomic E-state index is -2.85. The third-order valence-corrected chi connectivity index (χ3v) is 5.77. The molecule has 0 saturated carbocycles. The minimum absolute atomic E-state index is 0. The Labute approximate surface area is 151 Å². The molecule has 1 heterocycles. The van der Waals surface area contributed by atoms with Gasteiger partial charge < -0.3 is 10.6 Å². The summed E-state index contributed by atoms with van der Waals surface area (Å²) in [6, 6.07) is 0.00157. The summed E-state index contributed by atoms with van der Waals surface area (Å²) in [4.78, 5) is 4.58. The highest BCUT2D eigenvalue weighted by atomic mass is 127. The zero-order valence-corrected chi connectivity index (χ0v) is 16.5. The first-order valence-electron chi connectivity index (χ1n) is 8.02. The van der Waals surface area contributed by atoms with Gasteiger partial charge in [-0.05, 0) is 45.4 Å². The molecule has 0 aromatic rings. The number of hydrogen-bond acceptors (Lipinski definition) is 3. The van der Waals surface area contributed by atoms with E-state index in [1.807, 2.05) is 6.92 Å². The van der Waals surface area contributed by atoms with Gasteiger partial charge in [0.15, 0.2) is 15.8 Å². The second kappa shape index (κ2) is 9.75. The number of guanidine groups is 1. The predicted octanol–water partition coefficient (Wildman–Crippen LogP) is 2.24. The van der Waals surface area contributed by atoms with Gasteiger partial charge in [-0.15, -0.1) is 24.0 Å². The monoisotopic (exact) mass is 441 g/mol. The van der Waals surface area contributed by atoms with Crippen LogP contribution in [0.5, 0.6) is 0 Å². The van der Waals surface area contributed by atoms with Crippen LogP contribution < -0.4 is 10.6 Å². The molecular weight excluding hydrogens is 413 g/mol. The molecule has 22 heavy (non-hydrogen) atoms.